The minimum atomic E-state index is -0.231. The molecule has 5 nitrogen and oxygen atoms in total. The van der Waals surface area contributed by atoms with Crippen molar-refractivity contribution >= 4 is 45.6 Å². The van der Waals surface area contributed by atoms with Crippen LogP contribution in [0.2, 0.25) is 10.0 Å². The number of rotatable bonds is 4. The highest BCUT2D eigenvalue weighted by molar-refractivity contribution is 7.15. The van der Waals surface area contributed by atoms with Gasteiger partial charge in [-0.25, -0.2) is 0 Å². The van der Waals surface area contributed by atoms with Crippen LogP contribution in [-0.2, 0) is 0 Å². The van der Waals surface area contributed by atoms with Gasteiger partial charge in [0.1, 0.15) is 5.75 Å². The van der Waals surface area contributed by atoms with Crippen LogP contribution in [0, 0.1) is 0 Å². The van der Waals surface area contributed by atoms with E-state index in [1.807, 2.05) is 31.2 Å². The summed E-state index contributed by atoms with van der Waals surface area (Å²) in [5, 5.41) is 5.28. The Morgan fingerprint density at radius 1 is 1.22 bits per heavy atom. The smallest absolute Gasteiger partial charge is 0.291 e. The van der Waals surface area contributed by atoms with Gasteiger partial charge >= 0.3 is 0 Å². The van der Waals surface area contributed by atoms with Crippen LogP contribution >= 0.6 is 34.5 Å². The first-order valence-electron chi connectivity index (χ1n) is 8.15. The molecule has 136 valence electrons. The molecular formula is C19H13Cl2N3O2S. The first-order chi connectivity index (χ1) is 13.1. The number of thiazole rings is 1. The number of benzene rings is 2. The number of ether oxygens (including phenoxy) is 1. The van der Waals surface area contributed by atoms with Gasteiger partial charge in [0.25, 0.3) is 5.56 Å². The van der Waals surface area contributed by atoms with Crippen molar-refractivity contribution in [3.05, 3.63) is 73.0 Å². The molecule has 4 aromatic rings. The molecule has 0 amide bonds. The third-order valence-electron chi connectivity index (χ3n) is 3.86. The summed E-state index contributed by atoms with van der Waals surface area (Å²) in [6.45, 7) is 2.47. The lowest BCUT2D eigenvalue weighted by molar-refractivity contribution is 0.339. The zero-order valence-electron chi connectivity index (χ0n) is 14.1. The van der Waals surface area contributed by atoms with Crippen molar-refractivity contribution in [3.63, 3.8) is 0 Å². The molecular weight excluding hydrogens is 405 g/mol. The standard InChI is InChI=1S/C19H13Cl2N3O2S/c1-2-26-15-6-4-3-5-11(15)9-16-18(25)24-19(27-16)22-17(23-24)13-8-7-12(20)10-14(13)21/h3-10H,2H2,1H3/b16-9-. The molecule has 2 aromatic heterocycles. The van der Waals surface area contributed by atoms with E-state index in [2.05, 4.69) is 10.1 Å². The fourth-order valence-corrected chi connectivity index (χ4v) is 4.04. The van der Waals surface area contributed by atoms with Crippen molar-refractivity contribution in [1.29, 1.82) is 0 Å². The zero-order valence-corrected chi connectivity index (χ0v) is 16.5. The predicted molar refractivity (Wildman–Crippen MR) is 109 cm³/mol. The van der Waals surface area contributed by atoms with Crippen molar-refractivity contribution in [1.82, 2.24) is 14.6 Å². The van der Waals surface area contributed by atoms with Crippen LogP contribution in [-0.4, -0.2) is 21.2 Å². The Morgan fingerprint density at radius 2 is 2.04 bits per heavy atom. The van der Waals surface area contributed by atoms with Crippen LogP contribution in [0.1, 0.15) is 12.5 Å². The summed E-state index contributed by atoms with van der Waals surface area (Å²) < 4.78 is 7.44. The molecule has 0 radical (unpaired) electrons. The molecule has 0 N–H and O–H groups in total. The first kappa shape index (κ1) is 18.0. The molecule has 0 atom stereocenters. The second-order valence-electron chi connectivity index (χ2n) is 5.64. The number of nitrogens with zero attached hydrogens (tertiary/aromatic N) is 3. The molecule has 0 fully saturated rings. The van der Waals surface area contributed by atoms with Gasteiger partial charge in [-0.3, -0.25) is 4.79 Å². The molecule has 27 heavy (non-hydrogen) atoms. The van der Waals surface area contributed by atoms with Crippen molar-refractivity contribution in [3.8, 4) is 17.1 Å². The third-order valence-corrected chi connectivity index (χ3v) is 5.37. The van der Waals surface area contributed by atoms with Crippen LogP contribution in [0.5, 0.6) is 5.75 Å². The Bertz CT molecular complexity index is 1250. The number of fused-ring (bicyclic) bond motifs is 1. The molecule has 0 aliphatic carbocycles. The average Bonchev–Trinajstić information content (AvgIpc) is 3.17. The lowest BCUT2D eigenvalue weighted by Crippen LogP contribution is -2.23. The minimum Gasteiger partial charge on any atom is -0.493 e. The van der Waals surface area contributed by atoms with Gasteiger partial charge in [0.2, 0.25) is 4.96 Å². The number of aromatic nitrogens is 3. The molecule has 0 bridgehead atoms. The normalized spacial score (nSPS) is 12.0. The van der Waals surface area contributed by atoms with Crippen LogP contribution in [0.3, 0.4) is 0 Å². The Kier molecular flexibility index (Phi) is 4.86. The summed E-state index contributed by atoms with van der Waals surface area (Å²) in [5.74, 6) is 1.12. The predicted octanol–water partition coefficient (Wildman–Crippen LogP) is 4.07. The summed E-state index contributed by atoms with van der Waals surface area (Å²) in [4.78, 5) is 17.7. The summed E-state index contributed by atoms with van der Waals surface area (Å²) in [6, 6.07) is 12.6. The van der Waals surface area contributed by atoms with E-state index in [1.165, 1.54) is 15.9 Å². The minimum absolute atomic E-state index is 0.231. The number of para-hydroxylation sites is 1. The van der Waals surface area contributed by atoms with E-state index in [1.54, 1.807) is 24.3 Å². The third kappa shape index (κ3) is 3.43. The Balaban J connectivity index is 1.81. The second kappa shape index (κ2) is 7.31. The summed E-state index contributed by atoms with van der Waals surface area (Å²) >= 11 is 13.4. The molecule has 0 aliphatic heterocycles. The molecule has 0 saturated heterocycles. The van der Waals surface area contributed by atoms with Crippen molar-refractivity contribution in [2.24, 2.45) is 0 Å². The van der Waals surface area contributed by atoms with Crippen LogP contribution in [0.4, 0.5) is 0 Å². The Hall–Kier alpha value is -2.41. The average molecular weight is 418 g/mol. The topological polar surface area (TPSA) is 56.5 Å². The maximum absolute atomic E-state index is 12.7. The fourth-order valence-electron chi connectivity index (χ4n) is 2.65. The lowest BCUT2D eigenvalue weighted by Gasteiger charge is -2.05. The first-order valence-corrected chi connectivity index (χ1v) is 9.72. The highest BCUT2D eigenvalue weighted by Crippen LogP contribution is 2.28. The summed E-state index contributed by atoms with van der Waals surface area (Å²) in [5.41, 5.74) is 1.23. The molecule has 0 saturated carbocycles. The van der Waals surface area contributed by atoms with E-state index in [0.717, 1.165) is 11.3 Å². The SMILES string of the molecule is CCOc1ccccc1/C=c1\sc2nc(-c3ccc(Cl)cc3Cl)nn2c1=O. The van der Waals surface area contributed by atoms with E-state index >= 15 is 0 Å². The maximum atomic E-state index is 12.7. The van der Waals surface area contributed by atoms with Gasteiger partial charge in [-0.2, -0.15) is 9.50 Å². The van der Waals surface area contributed by atoms with Gasteiger partial charge in [0.15, 0.2) is 5.82 Å². The molecule has 2 aromatic carbocycles. The molecule has 0 aliphatic rings. The highest BCUT2D eigenvalue weighted by Gasteiger charge is 2.14. The van der Waals surface area contributed by atoms with E-state index in [4.69, 9.17) is 27.9 Å². The largest absolute Gasteiger partial charge is 0.493 e. The molecule has 4 rings (SSSR count). The summed E-state index contributed by atoms with van der Waals surface area (Å²) in [6.07, 6.45) is 1.79. The zero-order chi connectivity index (χ0) is 19.0. The Labute approximate surface area is 168 Å². The van der Waals surface area contributed by atoms with Crippen molar-refractivity contribution in [2.45, 2.75) is 6.92 Å². The lowest BCUT2D eigenvalue weighted by atomic mass is 10.2. The number of halogens is 2. The maximum Gasteiger partial charge on any atom is 0.291 e. The Morgan fingerprint density at radius 3 is 2.78 bits per heavy atom. The quantitative estimate of drug-likeness (QED) is 0.502. The van der Waals surface area contributed by atoms with E-state index in [0.29, 0.717) is 37.5 Å². The van der Waals surface area contributed by atoms with Crippen LogP contribution in [0.15, 0.2) is 47.3 Å². The van der Waals surface area contributed by atoms with Crippen LogP contribution < -0.4 is 14.8 Å². The van der Waals surface area contributed by atoms with Gasteiger partial charge in [0.05, 0.1) is 16.2 Å². The van der Waals surface area contributed by atoms with Crippen molar-refractivity contribution in [2.75, 3.05) is 6.61 Å². The van der Waals surface area contributed by atoms with Crippen LogP contribution in [0.25, 0.3) is 22.4 Å². The molecule has 0 spiro atoms. The number of hydrogen-bond donors (Lipinski definition) is 0. The summed E-state index contributed by atoms with van der Waals surface area (Å²) in [7, 11) is 0. The van der Waals surface area contributed by atoms with Gasteiger partial charge in [0, 0.05) is 16.1 Å². The highest BCUT2D eigenvalue weighted by atomic mass is 35.5. The van der Waals surface area contributed by atoms with Gasteiger partial charge in [-0.05, 0) is 37.3 Å². The molecule has 0 unspecified atom stereocenters. The fraction of sp³-hybridized carbons (Fsp3) is 0.105. The number of hydrogen-bond acceptors (Lipinski definition) is 5. The van der Waals surface area contributed by atoms with Gasteiger partial charge in [-0.15, -0.1) is 5.10 Å². The van der Waals surface area contributed by atoms with Crippen molar-refractivity contribution < 1.29 is 4.74 Å². The van der Waals surface area contributed by atoms with E-state index in [-0.39, 0.29) is 5.56 Å². The molecule has 2 heterocycles. The van der Waals surface area contributed by atoms with E-state index < -0.39 is 0 Å². The van der Waals surface area contributed by atoms with Gasteiger partial charge < -0.3 is 4.74 Å². The van der Waals surface area contributed by atoms with E-state index in [9.17, 15) is 4.79 Å². The van der Waals surface area contributed by atoms with Gasteiger partial charge in [-0.1, -0.05) is 52.7 Å². The molecule has 8 heteroatoms. The monoisotopic (exact) mass is 417 g/mol. The second-order valence-corrected chi connectivity index (χ2v) is 7.49.